The molecular formula is C32H55N8O13P2+. The molecule has 21 nitrogen and oxygen atoms in total. The summed E-state index contributed by atoms with van der Waals surface area (Å²) >= 11 is 0. The zero-order valence-corrected chi connectivity index (χ0v) is 32.9. The number of fused-ring (bicyclic) bond motifs is 1. The van der Waals surface area contributed by atoms with Gasteiger partial charge in [-0.15, -0.1) is 9.36 Å². The number of aliphatic hydroxyl groups is 4. The molecule has 2 aliphatic rings. The first-order chi connectivity index (χ1) is 26.2. The Labute approximate surface area is 318 Å². The Balaban J connectivity index is 1.10. The molecule has 55 heavy (non-hydrogen) atoms. The van der Waals surface area contributed by atoms with Crippen molar-refractivity contribution in [1.29, 1.82) is 0 Å². The molecule has 0 radical (unpaired) electrons. The number of aromatic nitrogens is 7. The van der Waals surface area contributed by atoms with Crippen LogP contribution in [0.15, 0.2) is 18.9 Å². The lowest BCUT2D eigenvalue weighted by molar-refractivity contribution is -0.755. The van der Waals surface area contributed by atoms with Crippen molar-refractivity contribution in [3.63, 3.8) is 0 Å². The number of ether oxygens (including phenoxy) is 2. The van der Waals surface area contributed by atoms with Gasteiger partial charge in [-0.25, -0.2) is 24.1 Å². The van der Waals surface area contributed by atoms with Crippen molar-refractivity contribution >= 4 is 32.6 Å². The van der Waals surface area contributed by atoms with Crippen LogP contribution in [0.2, 0.25) is 0 Å². The SMILES string of the molecule is CCCCCCCCCCCCc1c[n+](CCC)nn1[C@H]1O[C@H](COP(=O)(O)OP(=O)(O)OC[C@H]2O[C@@H](n3cnc4c(N)ncnc43)[C@H](O)[C@@H]2O)[C@@H](O)[C@H]1O. The zero-order valence-electron chi connectivity index (χ0n) is 31.1. The fraction of sp³-hybridized carbons (Fsp3) is 0.781. The molecule has 23 heteroatoms. The molecule has 3 aromatic rings. The molecule has 0 aromatic carbocycles. The number of anilines is 1. The van der Waals surface area contributed by atoms with E-state index in [0.29, 0.717) is 13.0 Å². The van der Waals surface area contributed by atoms with E-state index in [1.807, 2.05) is 13.1 Å². The average molecular weight is 822 g/mol. The van der Waals surface area contributed by atoms with Crippen LogP contribution in [-0.2, 0) is 44.9 Å². The van der Waals surface area contributed by atoms with Crippen LogP contribution in [0.25, 0.3) is 11.2 Å². The van der Waals surface area contributed by atoms with E-state index in [9.17, 15) is 39.3 Å². The summed E-state index contributed by atoms with van der Waals surface area (Å²) in [5.74, 6) is 0.0673. The number of phosphoric ester groups is 2. The summed E-state index contributed by atoms with van der Waals surface area (Å²) in [6.45, 7) is 3.14. The molecule has 310 valence electrons. The van der Waals surface area contributed by atoms with Gasteiger partial charge in [0.05, 0.1) is 24.8 Å². The number of nitrogens with zero attached hydrogens (tertiary/aromatic N) is 7. The van der Waals surface area contributed by atoms with Crippen molar-refractivity contribution < 1.29 is 66.9 Å². The maximum absolute atomic E-state index is 12.7. The monoisotopic (exact) mass is 821 g/mol. The maximum Gasteiger partial charge on any atom is 0.481 e. The first-order valence-corrected chi connectivity index (χ1v) is 21.8. The molecule has 0 saturated carbocycles. The van der Waals surface area contributed by atoms with Crippen LogP contribution >= 0.6 is 15.6 Å². The molecule has 0 bridgehead atoms. The second-order valence-corrected chi connectivity index (χ2v) is 17.0. The van der Waals surface area contributed by atoms with Gasteiger partial charge in [-0.2, -0.15) is 4.31 Å². The van der Waals surface area contributed by atoms with Crippen molar-refractivity contribution in [2.45, 2.75) is 147 Å². The number of nitrogens with two attached hydrogens (primary N) is 1. The summed E-state index contributed by atoms with van der Waals surface area (Å²) in [5, 5.41) is 47.4. The van der Waals surface area contributed by atoms with Crippen molar-refractivity contribution in [2.24, 2.45) is 0 Å². The van der Waals surface area contributed by atoms with E-state index in [4.69, 9.17) is 24.3 Å². The summed E-state index contributed by atoms with van der Waals surface area (Å²) in [4.78, 5) is 32.5. The number of phosphoric acid groups is 2. The standard InChI is InChI=1S/C32H54N8O13P2/c1-3-5-6-7-8-9-10-11-12-13-14-21-16-38(15-4-2)37-40(21)32-28(44)26(42)23(52-32)18-50-55(47,48)53-54(45,46)49-17-22-25(41)27(43)31(51-22)39-20-36-24-29(33)34-19-35-30(24)39/h16,19-20,22-23,25-28,31-32,41-44H,3-15,17-18H2,1-2H3,(H3-,33,34,35,45,46,47,48)/p+1/t22-,23-,25-,26-,27-,28-,31-,32+/m1/s1. The minimum absolute atomic E-state index is 0.0673. The van der Waals surface area contributed by atoms with Crippen LogP contribution in [0, 0.1) is 0 Å². The Morgan fingerprint density at radius 2 is 1.35 bits per heavy atom. The smallest absolute Gasteiger partial charge is 0.387 e. The number of hydrogen-bond donors (Lipinski definition) is 7. The molecule has 0 spiro atoms. The Hall–Kier alpha value is -2.49. The lowest BCUT2D eigenvalue weighted by Gasteiger charge is -2.20. The molecule has 3 aromatic heterocycles. The quantitative estimate of drug-likeness (QED) is 0.0409. The molecule has 2 aliphatic heterocycles. The number of unbranched alkanes of at least 4 members (excludes halogenated alkanes) is 9. The number of hydrogen-bond acceptors (Lipinski definition) is 16. The predicted octanol–water partition coefficient (Wildman–Crippen LogP) is 1.96. The van der Waals surface area contributed by atoms with Crippen LogP contribution in [0.3, 0.4) is 0 Å². The van der Waals surface area contributed by atoms with Gasteiger partial charge in [0.25, 0.3) is 6.23 Å². The van der Waals surface area contributed by atoms with Crippen LogP contribution in [0.5, 0.6) is 0 Å². The lowest BCUT2D eigenvalue weighted by Crippen LogP contribution is -2.38. The minimum atomic E-state index is -5.36. The second kappa shape index (κ2) is 19.8. The molecule has 2 fully saturated rings. The summed E-state index contributed by atoms with van der Waals surface area (Å²) in [6, 6.07) is 0. The lowest BCUT2D eigenvalue weighted by atomic mass is 10.1. The van der Waals surface area contributed by atoms with Crippen molar-refractivity contribution in [2.75, 3.05) is 18.9 Å². The fourth-order valence-electron chi connectivity index (χ4n) is 6.70. The first-order valence-electron chi connectivity index (χ1n) is 18.9. The van der Waals surface area contributed by atoms with E-state index in [1.165, 1.54) is 66.8 Å². The van der Waals surface area contributed by atoms with E-state index in [1.54, 1.807) is 4.68 Å². The van der Waals surface area contributed by atoms with E-state index < -0.39 is 77.9 Å². The number of aryl methyl sites for hydroxylation is 2. The van der Waals surface area contributed by atoms with Crippen LogP contribution in [0.1, 0.15) is 103 Å². The molecule has 8 N–H and O–H groups in total. The highest BCUT2D eigenvalue weighted by Gasteiger charge is 2.50. The van der Waals surface area contributed by atoms with Crippen molar-refractivity contribution in [3.8, 4) is 0 Å². The Kier molecular flexibility index (Phi) is 15.7. The normalized spacial score (nSPS) is 27.9. The van der Waals surface area contributed by atoms with Crippen LogP contribution in [0.4, 0.5) is 5.82 Å². The molecule has 2 unspecified atom stereocenters. The highest BCUT2D eigenvalue weighted by atomic mass is 31.3. The largest absolute Gasteiger partial charge is 0.481 e. The van der Waals surface area contributed by atoms with E-state index in [2.05, 4.69) is 31.4 Å². The van der Waals surface area contributed by atoms with Gasteiger partial charge in [0.2, 0.25) is 0 Å². The van der Waals surface area contributed by atoms with Gasteiger partial charge < -0.3 is 45.4 Å². The molecule has 2 saturated heterocycles. The topological polar surface area (TPSA) is 293 Å². The molecule has 10 atom stereocenters. The Bertz CT molecular complexity index is 1770. The van der Waals surface area contributed by atoms with Crippen LogP contribution in [-0.4, -0.2) is 109 Å². The van der Waals surface area contributed by atoms with Gasteiger partial charge in [0.1, 0.15) is 48.9 Å². The highest BCUT2D eigenvalue weighted by molar-refractivity contribution is 7.61. The third-order valence-electron chi connectivity index (χ3n) is 9.63. The number of rotatable bonds is 23. The van der Waals surface area contributed by atoms with E-state index in [-0.39, 0.29) is 17.0 Å². The van der Waals surface area contributed by atoms with E-state index in [0.717, 1.165) is 31.4 Å². The second-order valence-electron chi connectivity index (χ2n) is 13.9. The van der Waals surface area contributed by atoms with Crippen molar-refractivity contribution in [3.05, 3.63) is 24.5 Å². The third kappa shape index (κ3) is 11.3. The number of aliphatic hydroxyl groups excluding tert-OH is 4. The summed E-state index contributed by atoms with van der Waals surface area (Å²) in [5.41, 5.74) is 6.98. The summed E-state index contributed by atoms with van der Waals surface area (Å²) in [7, 11) is -10.7. The average Bonchev–Trinajstić information content (AvgIpc) is 3.89. The Morgan fingerprint density at radius 3 is 1.95 bits per heavy atom. The molecule has 0 amide bonds. The summed E-state index contributed by atoms with van der Waals surface area (Å²) < 4.78 is 55.5. The third-order valence-corrected chi connectivity index (χ3v) is 12.2. The Morgan fingerprint density at radius 1 is 0.782 bits per heavy atom. The first kappa shape index (κ1) is 43.6. The number of nitrogen functional groups attached to an aromatic ring is 1. The van der Waals surface area contributed by atoms with Gasteiger partial charge in [-0.1, -0.05) is 71.6 Å². The summed E-state index contributed by atoms with van der Waals surface area (Å²) in [6.07, 6.45) is 6.10. The van der Waals surface area contributed by atoms with Gasteiger partial charge >= 0.3 is 15.6 Å². The van der Waals surface area contributed by atoms with Gasteiger partial charge in [-0.3, -0.25) is 13.6 Å². The van der Waals surface area contributed by atoms with Gasteiger partial charge in [-0.05, 0) is 12.8 Å². The fourth-order valence-corrected chi connectivity index (χ4v) is 8.79. The number of imidazole rings is 1. The predicted molar refractivity (Wildman–Crippen MR) is 192 cm³/mol. The zero-order chi connectivity index (χ0) is 39.8. The van der Waals surface area contributed by atoms with Gasteiger partial charge in [0.15, 0.2) is 35.7 Å². The van der Waals surface area contributed by atoms with E-state index >= 15 is 0 Å². The maximum atomic E-state index is 12.7. The molecule has 5 rings (SSSR count). The highest BCUT2D eigenvalue weighted by Crippen LogP contribution is 2.60. The minimum Gasteiger partial charge on any atom is -0.387 e. The molecular weight excluding hydrogens is 766 g/mol. The van der Waals surface area contributed by atoms with Crippen molar-refractivity contribution in [1.82, 2.24) is 29.4 Å². The van der Waals surface area contributed by atoms with Gasteiger partial charge in [0, 0.05) is 6.42 Å². The molecule has 5 heterocycles. The molecule has 0 aliphatic carbocycles. The van der Waals surface area contributed by atoms with Crippen LogP contribution < -0.4 is 10.4 Å².